The molecule has 5 rings (SSSR count). The number of carbonyl (C=O) groups excluding carboxylic acids is 1. The van der Waals surface area contributed by atoms with Gasteiger partial charge >= 0.3 is 15.6 Å². The first-order valence-corrected chi connectivity index (χ1v) is 16.2. The van der Waals surface area contributed by atoms with Crippen LogP contribution in [-0.4, -0.2) is 128 Å². The lowest BCUT2D eigenvalue weighted by Crippen LogP contribution is -2.48. The van der Waals surface area contributed by atoms with E-state index >= 15 is 0 Å². The molecule has 2 fully saturated rings. The molecular formula is C21H31N7O15P2. The number of aliphatic hydroxyl groups excluding tert-OH is 5. The Hall–Kier alpha value is -2.66. The van der Waals surface area contributed by atoms with E-state index in [2.05, 4.69) is 23.8 Å². The summed E-state index contributed by atoms with van der Waals surface area (Å²) in [6.45, 7) is -1.87. The Morgan fingerprint density at radius 2 is 1.51 bits per heavy atom. The highest BCUT2D eigenvalue weighted by atomic mass is 31.3. The summed E-state index contributed by atoms with van der Waals surface area (Å²) in [7, 11) is -10.8. The summed E-state index contributed by atoms with van der Waals surface area (Å²) in [4.78, 5) is 44.5. The van der Waals surface area contributed by atoms with E-state index in [1.165, 1.54) is 10.9 Å². The average molecular weight is 683 g/mol. The number of amides is 1. The van der Waals surface area contributed by atoms with Crippen LogP contribution < -0.4 is 11.5 Å². The zero-order chi connectivity index (χ0) is 32.8. The number of hydrogen-bond donors (Lipinski definition) is 9. The van der Waals surface area contributed by atoms with Gasteiger partial charge in [0.25, 0.3) is 0 Å². The van der Waals surface area contributed by atoms with Crippen LogP contribution in [0.1, 0.15) is 19.1 Å². The average Bonchev–Trinajstić information content (AvgIpc) is 3.61. The van der Waals surface area contributed by atoms with Crippen LogP contribution in [0.2, 0.25) is 0 Å². The molecule has 250 valence electrons. The molecule has 45 heavy (non-hydrogen) atoms. The van der Waals surface area contributed by atoms with Crippen molar-refractivity contribution in [3.05, 3.63) is 24.4 Å². The molecule has 1 amide bonds. The fraction of sp³-hybridized carbons (Fsp3) is 0.619. The van der Waals surface area contributed by atoms with Gasteiger partial charge in [0, 0.05) is 11.8 Å². The first-order valence-electron chi connectivity index (χ1n) is 13.2. The van der Waals surface area contributed by atoms with E-state index in [1.54, 1.807) is 0 Å². The highest BCUT2D eigenvalue weighted by molar-refractivity contribution is 7.61. The van der Waals surface area contributed by atoms with E-state index in [-0.39, 0.29) is 35.4 Å². The number of imidazole rings is 1. The molecule has 5 heterocycles. The standard InChI is InChI=1S/C21H31N7O15P2/c22-17-12-19(25-6-24-17)28(7-26-12)21-16(33)14(31)10(42-21)5-40-45(37,38)43-44(35,36)39-4-9-13(30)15(32)20(41-9)27-3-8(18(23)34)1-2-11(27)29/h3,6-7,9-11,13-16,20-21,29-33H,1-2,4-5H2,(H2,23,34)(H,35,36)(H,37,38)(H2,22,24,25)/t9-,10-,11+,13-,14-,15-,16-,20-,21-/m1/s1. The second-order valence-electron chi connectivity index (χ2n) is 10.3. The van der Waals surface area contributed by atoms with Gasteiger partial charge in [-0.3, -0.25) is 18.4 Å². The quantitative estimate of drug-likeness (QED) is 0.104. The molecule has 11 atom stereocenters. The Morgan fingerprint density at radius 3 is 2.11 bits per heavy atom. The Kier molecular flexibility index (Phi) is 9.63. The Bertz CT molecular complexity index is 1550. The molecule has 3 aliphatic rings. The zero-order valence-corrected chi connectivity index (χ0v) is 24.7. The maximum atomic E-state index is 12.4. The van der Waals surface area contributed by atoms with Crippen LogP contribution in [0, 0.1) is 0 Å². The van der Waals surface area contributed by atoms with E-state index in [0.717, 1.165) is 17.4 Å². The molecule has 0 radical (unpaired) electrons. The van der Waals surface area contributed by atoms with Crippen molar-refractivity contribution in [3.8, 4) is 0 Å². The van der Waals surface area contributed by atoms with Crippen molar-refractivity contribution in [2.45, 2.75) is 68.1 Å². The number of nitrogen functional groups attached to an aromatic ring is 1. The van der Waals surface area contributed by atoms with Gasteiger partial charge in [-0.15, -0.1) is 0 Å². The fourth-order valence-corrected chi connectivity index (χ4v) is 7.06. The molecule has 2 aromatic rings. The summed E-state index contributed by atoms with van der Waals surface area (Å²) in [5, 5.41) is 52.0. The van der Waals surface area contributed by atoms with Crippen molar-refractivity contribution in [1.82, 2.24) is 24.4 Å². The van der Waals surface area contributed by atoms with Crippen molar-refractivity contribution >= 4 is 38.5 Å². The van der Waals surface area contributed by atoms with Crippen molar-refractivity contribution in [1.29, 1.82) is 0 Å². The lowest BCUT2D eigenvalue weighted by atomic mass is 10.0. The number of aromatic nitrogens is 4. The normalized spacial score (nSPS) is 34.9. The number of fused-ring (bicyclic) bond motifs is 1. The van der Waals surface area contributed by atoms with Crippen LogP contribution in [0.3, 0.4) is 0 Å². The third-order valence-electron chi connectivity index (χ3n) is 7.28. The number of primary amides is 1. The van der Waals surface area contributed by atoms with E-state index in [1.807, 2.05) is 0 Å². The molecule has 0 bridgehead atoms. The number of aliphatic hydroxyl groups is 5. The van der Waals surface area contributed by atoms with Gasteiger partial charge < -0.3 is 61.2 Å². The van der Waals surface area contributed by atoms with E-state index in [4.69, 9.17) is 25.5 Å². The van der Waals surface area contributed by atoms with Gasteiger partial charge in [0.15, 0.2) is 23.9 Å². The molecule has 11 N–H and O–H groups in total. The summed E-state index contributed by atoms with van der Waals surface area (Å²) in [6.07, 6.45) is -9.86. The lowest BCUT2D eigenvalue weighted by Gasteiger charge is -2.36. The molecule has 3 aliphatic heterocycles. The first kappa shape index (κ1) is 33.7. The topological polar surface area (TPSA) is 338 Å². The molecule has 0 aliphatic carbocycles. The summed E-state index contributed by atoms with van der Waals surface area (Å²) >= 11 is 0. The van der Waals surface area contributed by atoms with Gasteiger partial charge in [-0.25, -0.2) is 24.1 Å². The minimum Gasteiger partial charge on any atom is -0.387 e. The second-order valence-corrected chi connectivity index (χ2v) is 13.3. The van der Waals surface area contributed by atoms with Crippen molar-refractivity contribution in [2.24, 2.45) is 5.73 Å². The molecule has 24 heteroatoms. The van der Waals surface area contributed by atoms with Crippen LogP contribution in [-0.2, 0) is 36.8 Å². The smallest absolute Gasteiger partial charge is 0.387 e. The third kappa shape index (κ3) is 7.04. The van der Waals surface area contributed by atoms with E-state index < -0.39 is 90.1 Å². The predicted molar refractivity (Wildman–Crippen MR) is 143 cm³/mol. The summed E-state index contributed by atoms with van der Waals surface area (Å²) < 4.78 is 50.8. The second kappa shape index (κ2) is 12.9. The Morgan fingerprint density at radius 1 is 0.933 bits per heavy atom. The predicted octanol–water partition coefficient (Wildman–Crippen LogP) is -3.49. The zero-order valence-electron chi connectivity index (χ0n) is 22.9. The van der Waals surface area contributed by atoms with Crippen LogP contribution in [0.4, 0.5) is 5.82 Å². The minimum absolute atomic E-state index is 0.0439. The minimum atomic E-state index is -5.41. The number of phosphoric ester groups is 2. The fourth-order valence-electron chi connectivity index (χ4n) is 4.97. The molecule has 2 unspecified atom stereocenters. The van der Waals surface area contributed by atoms with Gasteiger partial charge in [-0.2, -0.15) is 4.31 Å². The molecular weight excluding hydrogens is 652 g/mol. The van der Waals surface area contributed by atoms with Crippen LogP contribution >= 0.6 is 15.6 Å². The van der Waals surface area contributed by atoms with Crippen molar-refractivity contribution < 1.29 is 72.1 Å². The highest BCUT2D eigenvalue weighted by Crippen LogP contribution is 2.60. The number of phosphoric acid groups is 2. The third-order valence-corrected chi connectivity index (χ3v) is 9.88. The van der Waals surface area contributed by atoms with Crippen LogP contribution in [0.25, 0.3) is 11.2 Å². The largest absolute Gasteiger partial charge is 0.481 e. The summed E-state index contributed by atoms with van der Waals surface area (Å²) in [5.41, 5.74) is 11.5. The van der Waals surface area contributed by atoms with Gasteiger partial charge in [-0.05, 0) is 12.8 Å². The molecule has 2 aromatic heterocycles. The van der Waals surface area contributed by atoms with E-state index in [0.29, 0.717) is 0 Å². The van der Waals surface area contributed by atoms with Gasteiger partial charge in [0.2, 0.25) is 5.91 Å². The number of carbonyl (C=O) groups is 1. The number of nitrogens with two attached hydrogens (primary N) is 2. The van der Waals surface area contributed by atoms with Crippen molar-refractivity contribution in [2.75, 3.05) is 18.9 Å². The van der Waals surface area contributed by atoms with Gasteiger partial charge in [0.1, 0.15) is 54.7 Å². The summed E-state index contributed by atoms with van der Waals surface area (Å²) in [6, 6.07) is 0. The monoisotopic (exact) mass is 683 g/mol. The lowest BCUT2D eigenvalue weighted by molar-refractivity contribution is -0.137. The van der Waals surface area contributed by atoms with Gasteiger partial charge in [0.05, 0.1) is 19.5 Å². The maximum Gasteiger partial charge on any atom is 0.481 e. The number of ether oxygens (including phenoxy) is 2. The number of rotatable bonds is 11. The molecule has 0 saturated carbocycles. The number of anilines is 1. The molecule has 0 aromatic carbocycles. The number of nitrogens with zero attached hydrogens (tertiary/aromatic N) is 5. The van der Waals surface area contributed by atoms with Crippen LogP contribution in [0.5, 0.6) is 0 Å². The highest BCUT2D eigenvalue weighted by Gasteiger charge is 2.49. The molecule has 2 saturated heterocycles. The molecule has 22 nitrogen and oxygen atoms in total. The van der Waals surface area contributed by atoms with E-state index in [9.17, 15) is 49.2 Å². The van der Waals surface area contributed by atoms with Crippen molar-refractivity contribution in [3.63, 3.8) is 0 Å². The van der Waals surface area contributed by atoms with Crippen LogP contribution in [0.15, 0.2) is 24.4 Å². The number of hydrogen-bond acceptors (Lipinski definition) is 18. The maximum absolute atomic E-state index is 12.4. The molecule has 0 spiro atoms. The first-order chi connectivity index (χ1) is 21.1. The Balaban J connectivity index is 1.15. The SMILES string of the molecule is NC(=O)C1=CN([C@@H]2O[C@H](COP(=O)(O)OP(=O)(O)OC[C@H]3O[C@@H](n4cnc5c(N)ncnc54)[C@H](O)[C@@H]3O)[C@@H](O)[C@H]2O)[C@@H](O)CC1. The van der Waals surface area contributed by atoms with Gasteiger partial charge in [-0.1, -0.05) is 0 Å². The summed E-state index contributed by atoms with van der Waals surface area (Å²) in [5.74, 6) is -0.728. The Labute approximate surface area is 252 Å².